The van der Waals surface area contributed by atoms with Gasteiger partial charge in [0.15, 0.2) is 0 Å². The third-order valence-corrected chi connectivity index (χ3v) is 4.08. The van der Waals surface area contributed by atoms with Gasteiger partial charge in [0.25, 0.3) is 0 Å². The minimum atomic E-state index is 0.0532. The standard InChI is InChI=1S/C14H24O2/c15-14(16-13-8-4-5-9-13)11-10-12-6-2-1-3-7-12/h12-13H,1-11H2. The van der Waals surface area contributed by atoms with E-state index >= 15 is 0 Å². The maximum absolute atomic E-state index is 11.6. The van der Waals surface area contributed by atoms with E-state index in [0.717, 1.165) is 25.2 Å². The topological polar surface area (TPSA) is 26.3 Å². The zero-order valence-electron chi connectivity index (χ0n) is 10.2. The Bertz CT molecular complexity index is 213. The molecule has 2 nitrogen and oxygen atoms in total. The molecule has 0 spiro atoms. The molecule has 0 saturated heterocycles. The van der Waals surface area contributed by atoms with Gasteiger partial charge in [-0.1, -0.05) is 32.1 Å². The van der Waals surface area contributed by atoms with E-state index in [0.29, 0.717) is 6.42 Å². The number of rotatable bonds is 4. The Morgan fingerprint density at radius 2 is 1.56 bits per heavy atom. The molecule has 2 saturated carbocycles. The molecule has 0 aromatic carbocycles. The lowest BCUT2D eigenvalue weighted by molar-refractivity contribution is -0.149. The maximum Gasteiger partial charge on any atom is 0.306 e. The van der Waals surface area contributed by atoms with Crippen molar-refractivity contribution >= 4 is 5.97 Å². The van der Waals surface area contributed by atoms with E-state index < -0.39 is 0 Å². The van der Waals surface area contributed by atoms with Gasteiger partial charge in [-0.25, -0.2) is 0 Å². The highest BCUT2D eigenvalue weighted by Crippen LogP contribution is 2.28. The quantitative estimate of drug-likeness (QED) is 0.678. The maximum atomic E-state index is 11.6. The van der Waals surface area contributed by atoms with Gasteiger partial charge < -0.3 is 4.74 Å². The highest BCUT2D eigenvalue weighted by Gasteiger charge is 2.20. The summed E-state index contributed by atoms with van der Waals surface area (Å²) in [4.78, 5) is 11.6. The molecular weight excluding hydrogens is 200 g/mol. The largest absolute Gasteiger partial charge is 0.462 e. The van der Waals surface area contributed by atoms with Crippen LogP contribution >= 0.6 is 0 Å². The molecule has 2 heteroatoms. The molecule has 0 aromatic heterocycles. The van der Waals surface area contributed by atoms with Crippen LogP contribution in [0.4, 0.5) is 0 Å². The minimum Gasteiger partial charge on any atom is -0.462 e. The van der Waals surface area contributed by atoms with E-state index in [4.69, 9.17) is 4.74 Å². The van der Waals surface area contributed by atoms with Crippen molar-refractivity contribution in [1.29, 1.82) is 0 Å². The smallest absolute Gasteiger partial charge is 0.306 e. The van der Waals surface area contributed by atoms with Crippen molar-refractivity contribution in [3.05, 3.63) is 0 Å². The summed E-state index contributed by atoms with van der Waals surface area (Å²) in [5.74, 6) is 0.849. The van der Waals surface area contributed by atoms with Crippen LogP contribution in [0.3, 0.4) is 0 Å². The second kappa shape index (κ2) is 6.27. The van der Waals surface area contributed by atoms with Crippen LogP contribution in [0.2, 0.25) is 0 Å². The molecule has 0 atom stereocenters. The van der Waals surface area contributed by atoms with Crippen molar-refractivity contribution < 1.29 is 9.53 Å². The monoisotopic (exact) mass is 224 g/mol. The van der Waals surface area contributed by atoms with Gasteiger partial charge in [-0.2, -0.15) is 0 Å². The zero-order chi connectivity index (χ0) is 11.2. The van der Waals surface area contributed by atoms with Crippen LogP contribution in [0, 0.1) is 5.92 Å². The lowest BCUT2D eigenvalue weighted by atomic mass is 9.86. The highest BCUT2D eigenvalue weighted by atomic mass is 16.5. The van der Waals surface area contributed by atoms with Gasteiger partial charge in [-0.15, -0.1) is 0 Å². The average molecular weight is 224 g/mol. The molecule has 0 bridgehead atoms. The van der Waals surface area contributed by atoms with Crippen LogP contribution in [-0.4, -0.2) is 12.1 Å². The van der Waals surface area contributed by atoms with Crippen LogP contribution in [0.5, 0.6) is 0 Å². The van der Waals surface area contributed by atoms with Gasteiger partial charge in [0.1, 0.15) is 6.10 Å². The predicted molar refractivity (Wildman–Crippen MR) is 64.2 cm³/mol. The third kappa shape index (κ3) is 3.80. The zero-order valence-corrected chi connectivity index (χ0v) is 10.2. The Hall–Kier alpha value is -0.530. The van der Waals surface area contributed by atoms with Gasteiger partial charge in [-0.3, -0.25) is 4.79 Å². The van der Waals surface area contributed by atoms with Crippen LogP contribution in [0.25, 0.3) is 0 Å². The molecule has 0 radical (unpaired) electrons. The molecule has 0 amide bonds. The Morgan fingerprint density at radius 1 is 0.938 bits per heavy atom. The van der Waals surface area contributed by atoms with Gasteiger partial charge in [-0.05, 0) is 38.0 Å². The van der Waals surface area contributed by atoms with Crippen LogP contribution in [0.1, 0.15) is 70.6 Å². The molecule has 0 aliphatic heterocycles. The number of hydrogen-bond donors (Lipinski definition) is 0. The summed E-state index contributed by atoms with van der Waals surface area (Å²) in [5.41, 5.74) is 0. The molecule has 2 aliphatic carbocycles. The van der Waals surface area contributed by atoms with Gasteiger partial charge in [0.05, 0.1) is 0 Å². The first-order valence-corrected chi connectivity index (χ1v) is 7.04. The molecule has 0 aromatic rings. The van der Waals surface area contributed by atoms with E-state index in [1.807, 2.05) is 0 Å². The number of ether oxygens (including phenoxy) is 1. The SMILES string of the molecule is O=C(CCC1CCCCC1)OC1CCCC1. The second-order valence-electron chi connectivity index (χ2n) is 5.44. The van der Waals surface area contributed by atoms with E-state index in [9.17, 15) is 4.79 Å². The molecule has 0 N–H and O–H groups in total. The molecular formula is C14H24O2. The average Bonchev–Trinajstić information content (AvgIpc) is 2.81. The van der Waals surface area contributed by atoms with Crippen molar-refractivity contribution in [2.24, 2.45) is 5.92 Å². The summed E-state index contributed by atoms with van der Waals surface area (Å²) in [5, 5.41) is 0. The third-order valence-electron chi connectivity index (χ3n) is 4.08. The second-order valence-corrected chi connectivity index (χ2v) is 5.44. The predicted octanol–water partition coefficient (Wildman–Crippen LogP) is 3.83. The minimum absolute atomic E-state index is 0.0532. The van der Waals surface area contributed by atoms with E-state index in [1.54, 1.807) is 0 Å². The van der Waals surface area contributed by atoms with Crippen molar-refractivity contribution in [1.82, 2.24) is 0 Å². The first-order valence-electron chi connectivity index (χ1n) is 7.04. The van der Waals surface area contributed by atoms with Crippen LogP contribution in [0.15, 0.2) is 0 Å². The van der Waals surface area contributed by atoms with Crippen LogP contribution < -0.4 is 0 Å². The number of carbonyl (C=O) groups excluding carboxylic acids is 1. The molecule has 0 unspecified atom stereocenters. The summed E-state index contributed by atoms with van der Waals surface area (Å²) in [6, 6.07) is 0. The van der Waals surface area contributed by atoms with Crippen molar-refractivity contribution in [2.45, 2.75) is 76.7 Å². The highest BCUT2D eigenvalue weighted by molar-refractivity contribution is 5.69. The summed E-state index contributed by atoms with van der Waals surface area (Å²) in [6.45, 7) is 0. The number of hydrogen-bond acceptors (Lipinski definition) is 2. The van der Waals surface area contributed by atoms with Crippen molar-refractivity contribution in [3.8, 4) is 0 Å². The summed E-state index contributed by atoms with van der Waals surface area (Å²) >= 11 is 0. The Kier molecular flexibility index (Phi) is 4.68. The summed E-state index contributed by atoms with van der Waals surface area (Å²) in [6.07, 6.45) is 13.4. The molecule has 2 fully saturated rings. The van der Waals surface area contributed by atoms with Gasteiger partial charge in [0, 0.05) is 6.42 Å². The van der Waals surface area contributed by atoms with Crippen molar-refractivity contribution in [3.63, 3.8) is 0 Å². The van der Waals surface area contributed by atoms with Crippen molar-refractivity contribution in [2.75, 3.05) is 0 Å². The fourth-order valence-electron chi connectivity index (χ4n) is 3.05. The molecule has 16 heavy (non-hydrogen) atoms. The Morgan fingerprint density at radius 3 is 2.25 bits per heavy atom. The van der Waals surface area contributed by atoms with Crippen LogP contribution in [-0.2, 0) is 9.53 Å². The fraction of sp³-hybridized carbons (Fsp3) is 0.929. The van der Waals surface area contributed by atoms with Gasteiger partial charge >= 0.3 is 5.97 Å². The first kappa shape index (κ1) is 11.9. The van der Waals surface area contributed by atoms with E-state index in [-0.39, 0.29) is 12.1 Å². The lowest BCUT2D eigenvalue weighted by Gasteiger charge is -2.21. The number of esters is 1. The summed E-state index contributed by atoms with van der Waals surface area (Å²) in [7, 11) is 0. The Labute approximate surface area is 98.7 Å². The fourth-order valence-corrected chi connectivity index (χ4v) is 3.05. The summed E-state index contributed by atoms with van der Waals surface area (Å²) < 4.78 is 5.46. The normalized spacial score (nSPS) is 23.5. The lowest BCUT2D eigenvalue weighted by Crippen LogP contribution is -2.16. The van der Waals surface area contributed by atoms with E-state index in [1.165, 1.54) is 44.9 Å². The molecule has 2 rings (SSSR count). The first-order chi connectivity index (χ1) is 7.84. The van der Waals surface area contributed by atoms with E-state index in [2.05, 4.69) is 0 Å². The number of carbonyl (C=O) groups is 1. The molecule has 0 heterocycles. The Balaban J connectivity index is 1.59. The van der Waals surface area contributed by atoms with Gasteiger partial charge in [0.2, 0.25) is 0 Å². The molecule has 92 valence electrons. The molecule has 2 aliphatic rings.